The third-order valence-electron chi connectivity index (χ3n) is 4.78. The maximum atomic E-state index is 12.6. The number of nitrogens with one attached hydrogen (secondary N) is 1. The van der Waals surface area contributed by atoms with Gasteiger partial charge in [-0.25, -0.2) is 24.9 Å². The van der Waals surface area contributed by atoms with Crippen molar-refractivity contribution in [3.8, 4) is 10.6 Å². The molecule has 0 spiro atoms. The van der Waals surface area contributed by atoms with Crippen molar-refractivity contribution < 1.29 is 4.79 Å². The van der Waals surface area contributed by atoms with E-state index in [9.17, 15) is 4.79 Å². The Hall–Kier alpha value is -2.94. The lowest BCUT2D eigenvalue weighted by Gasteiger charge is -2.17. The molecule has 0 saturated carbocycles. The van der Waals surface area contributed by atoms with Crippen molar-refractivity contribution in [1.82, 2.24) is 30.2 Å². The van der Waals surface area contributed by atoms with Gasteiger partial charge in [-0.05, 0) is 46.2 Å². The molecule has 0 radical (unpaired) electrons. The maximum absolute atomic E-state index is 12.6. The summed E-state index contributed by atoms with van der Waals surface area (Å²) in [6.07, 6.45) is 2.62. The number of aromatic nitrogens is 5. The average Bonchev–Trinajstić information content (AvgIpc) is 3.27. The zero-order valence-electron chi connectivity index (χ0n) is 16.9. The molecule has 0 aromatic carbocycles. The molecule has 1 N–H and O–H groups in total. The van der Waals surface area contributed by atoms with Gasteiger partial charge in [0, 0.05) is 31.0 Å². The van der Waals surface area contributed by atoms with E-state index in [1.54, 1.807) is 30.5 Å². The van der Waals surface area contributed by atoms with Crippen LogP contribution >= 0.6 is 11.3 Å². The summed E-state index contributed by atoms with van der Waals surface area (Å²) < 4.78 is 0. The highest BCUT2D eigenvalue weighted by Gasteiger charge is 2.27. The van der Waals surface area contributed by atoms with Crippen molar-refractivity contribution in [3.05, 3.63) is 46.2 Å². The molecule has 4 rings (SSSR count). The van der Waals surface area contributed by atoms with Gasteiger partial charge in [0.2, 0.25) is 5.95 Å². The van der Waals surface area contributed by atoms with Crippen LogP contribution in [0.25, 0.3) is 10.6 Å². The fourth-order valence-corrected chi connectivity index (χ4v) is 4.44. The van der Waals surface area contributed by atoms with Crippen LogP contribution in [0.1, 0.15) is 39.1 Å². The largest absolute Gasteiger partial charge is 0.346 e. The minimum Gasteiger partial charge on any atom is -0.346 e. The molecule has 3 aromatic rings. The van der Waals surface area contributed by atoms with Gasteiger partial charge in [0.15, 0.2) is 0 Å². The fourth-order valence-electron chi connectivity index (χ4n) is 3.55. The normalized spacial score (nSPS) is 16.3. The van der Waals surface area contributed by atoms with Crippen molar-refractivity contribution in [3.63, 3.8) is 0 Å². The summed E-state index contributed by atoms with van der Waals surface area (Å²) in [5.74, 6) is 1.11. The molecule has 1 amide bonds. The Morgan fingerprint density at radius 1 is 1.17 bits per heavy atom. The third kappa shape index (κ3) is 4.24. The van der Waals surface area contributed by atoms with E-state index in [4.69, 9.17) is 4.98 Å². The first-order valence-electron chi connectivity index (χ1n) is 9.54. The second-order valence-electron chi connectivity index (χ2n) is 7.24. The van der Waals surface area contributed by atoms with Crippen LogP contribution in [0.15, 0.2) is 18.3 Å². The Kier molecular flexibility index (Phi) is 5.23. The van der Waals surface area contributed by atoms with Gasteiger partial charge in [0.1, 0.15) is 11.5 Å². The van der Waals surface area contributed by atoms with Crippen molar-refractivity contribution in [2.75, 3.05) is 18.0 Å². The number of nitrogens with zero attached hydrogens (tertiary/aromatic N) is 6. The highest BCUT2D eigenvalue weighted by Crippen LogP contribution is 2.29. The van der Waals surface area contributed by atoms with Gasteiger partial charge < -0.3 is 10.2 Å². The lowest BCUT2D eigenvalue weighted by atomic mass is 10.2. The predicted octanol–water partition coefficient (Wildman–Crippen LogP) is 2.63. The minimum atomic E-state index is -0.170. The monoisotopic (exact) mass is 409 g/mol. The minimum absolute atomic E-state index is 0.0257. The van der Waals surface area contributed by atoms with E-state index >= 15 is 0 Å². The van der Waals surface area contributed by atoms with Crippen LogP contribution in [0.2, 0.25) is 0 Å². The second kappa shape index (κ2) is 7.82. The molecule has 1 fully saturated rings. The van der Waals surface area contributed by atoms with Gasteiger partial charge >= 0.3 is 0 Å². The standard InChI is InChI=1S/C20H23N7OS/c1-11-9-17(24-13(3)22-11)19(28)25-15-6-8-27(10-15)20-21-7-5-16(26-20)18-12(2)23-14(4)29-18/h5,7,9,15H,6,8,10H2,1-4H3,(H,25,28). The maximum Gasteiger partial charge on any atom is 0.270 e. The van der Waals surface area contributed by atoms with Crippen molar-refractivity contribution in [2.24, 2.45) is 0 Å². The Morgan fingerprint density at radius 2 is 2.00 bits per heavy atom. The van der Waals surface area contributed by atoms with E-state index in [1.165, 1.54) is 0 Å². The second-order valence-corrected chi connectivity index (χ2v) is 8.44. The van der Waals surface area contributed by atoms with Crippen LogP contribution in [0, 0.1) is 27.7 Å². The lowest BCUT2D eigenvalue weighted by molar-refractivity contribution is 0.0934. The first kappa shape index (κ1) is 19.4. The zero-order valence-corrected chi connectivity index (χ0v) is 17.7. The Morgan fingerprint density at radius 3 is 2.72 bits per heavy atom. The quantitative estimate of drug-likeness (QED) is 0.707. The predicted molar refractivity (Wildman–Crippen MR) is 112 cm³/mol. The molecule has 8 nitrogen and oxygen atoms in total. The summed E-state index contributed by atoms with van der Waals surface area (Å²) in [6.45, 7) is 9.10. The molecule has 1 saturated heterocycles. The average molecular weight is 410 g/mol. The number of aryl methyl sites for hydroxylation is 4. The Bertz CT molecular complexity index is 1040. The molecule has 1 aliphatic rings. The first-order chi connectivity index (χ1) is 13.9. The molecule has 4 heterocycles. The van der Waals surface area contributed by atoms with E-state index in [0.29, 0.717) is 24.0 Å². The highest BCUT2D eigenvalue weighted by molar-refractivity contribution is 7.15. The molecule has 3 aromatic heterocycles. The number of carbonyl (C=O) groups excluding carboxylic acids is 1. The summed E-state index contributed by atoms with van der Waals surface area (Å²) in [7, 11) is 0. The van der Waals surface area contributed by atoms with E-state index in [0.717, 1.165) is 39.9 Å². The SMILES string of the molecule is Cc1cc(C(=O)NC2CCN(c3nccc(-c4sc(C)nc4C)n3)C2)nc(C)n1. The van der Waals surface area contributed by atoms with Crippen molar-refractivity contribution in [1.29, 1.82) is 0 Å². The molecule has 1 unspecified atom stereocenters. The van der Waals surface area contributed by atoms with Crippen molar-refractivity contribution in [2.45, 2.75) is 40.2 Å². The zero-order chi connectivity index (χ0) is 20.5. The van der Waals surface area contributed by atoms with Gasteiger partial charge in [0.25, 0.3) is 5.91 Å². The molecule has 150 valence electrons. The summed E-state index contributed by atoms with van der Waals surface area (Å²) in [6, 6.07) is 3.65. The van der Waals surface area contributed by atoms with Crippen molar-refractivity contribution >= 4 is 23.2 Å². The summed E-state index contributed by atoms with van der Waals surface area (Å²) >= 11 is 1.64. The number of carbonyl (C=O) groups is 1. The summed E-state index contributed by atoms with van der Waals surface area (Å²) in [4.78, 5) is 37.9. The molecule has 0 bridgehead atoms. The molecular formula is C20H23N7OS. The number of amides is 1. The van der Waals surface area contributed by atoms with Crippen LogP contribution in [0.5, 0.6) is 0 Å². The van der Waals surface area contributed by atoms with Crippen LogP contribution in [0.4, 0.5) is 5.95 Å². The molecule has 29 heavy (non-hydrogen) atoms. The Labute approximate surface area is 173 Å². The number of rotatable bonds is 4. The van der Waals surface area contributed by atoms with Crippen LogP contribution in [-0.4, -0.2) is 50.0 Å². The number of anilines is 1. The molecular weight excluding hydrogens is 386 g/mol. The third-order valence-corrected chi connectivity index (χ3v) is 5.88. The van der Waals surface area contributed by atoms with E-state index in [-0.39, 0.29) is 11.9 Å². The smallest absolute Gasteiger partial charge is 0.270 e. The summed E-state index contributed by atoms with van der Waals surface area (Å²) in [5, 5.41) is 4.10. The van der Waals surface area contributed by atoms with Crippen LogP contribution in [0.3, 0.4) is 0 Å². The van der Waals surface area contributed by atoms with E-state index < -0.39 is 0 Å². The van der Waals surface area contributed by atoms with Gasteiger partial charge in [-0.2, -0.15) is 0 Å². The van der Waals surface area contributed by atoms with Crippen LogP contribution in [-0.2, 0) is 0 Å². The number of hydrogen-bond donors (Lipinski definition) is 1. The molecule has 0 aliphatic carbocycles. The fraction of sp³-hybridized carbons (Fsp3) is 0.400. The van der Waals surface area contributed by atoms with Gasteiger partial charge in [-0.15, -0.1) is 11.3 Å². The van der Waals surface area contributed by atoms with Gasteiger partial charge in [0.05, 0.1) is 21.3 Å². The molecule has 1 atom stereocenters. The number of hydrogen-bond acceptors (Lipinski definition) is 8. The first-order valence-corrected chi connectivity index (χ1v) is 10.4. The highest BCUT2D eigenvalue weighted by atomic mass is 32.1. The topological polar surface area (TPSA) is 96.8 Å². The number of thiazole rings is 1. The molecule has 9 heteroatoms. The Balaban J connectivity index is 1.45. The van der Waals surface area contributed by atoms with Gasteiger partial charge in [-0.1, -0.05) is 0 Å². The molecule has 1 aliphatic heterocycles. The van der Waals surface area contributed by atoms with E-state index in [1.807, 2.05) is 26.8 Å². The van der Waals surface area contributed by atoms with Gasteiger partial charge in [-0.3, -0.25) is 4.79 Å². The van der Waals surface area contributed by atoms with Crippen LogP contribution < -0.4 is 10.2 Å². The summed E-state index contributed by atoms with van der Waals surface area (Å²) in [5.41, 5.74) is 3.06. The van der Waals surface area contributed by atoms with E-state index in [2.05, 4.69) is 30.2 Å². The lowest BCUT2D eigenvalue weighted by Crippen LogP contribution is -2.38.